The minimum absolute atomic E-state index is 0.226. The van der Waals surface area contributed by atoms with Gasteiger partial charge in [-0.2, -0.15) is 0 Å². The molecule has 0 saturated carbocycles. The Labute approximate surface area is 87.5 Å². The Morgan fingerprint density at radius 2 is 2.07 bits per heavy atom. The fraction of sp³-hybridized carbons (Fsp3) is 0.250. The highest BCUT2D eigenvalue weighted by atomic mass is 35.5. The molecule has 1 rings (SSSR count). The smallest absolute Gasteiger partial charge is 0.293 e. The Morgan fingerprint density at radius 3 is 2.50 bits per heavy atom. The molecule has 0 saturated heterocycles. The SMILES string of the molecule is O=C(CC(=O)C(F)F)c1ccc(Cl)s1. The van der Waals surface area contributed by atoms with Gasteiger partial charge in [0.1, 0.15) is 0 Å². The number of hydrogen-bond donors (Lipinski definition) is 0. The average Bonchev–Trinajstić information content (AvgIpc) is 2.51. The summed E-state index contributed by atoms with van der Waals surface area (Å²) in [5.74, 6) is -1.98. The number of carbonyl (C=O) groups excluding carboxylic acids is 2. The summed E-state index contributed by atoms with van der Waals surface area (Å²) in [7, 11) is 0. The second kappa shape index (κ2) is 4.61. The van der Waals surface area contributed by atoms with Crippen LogP contribution in [0.2, 0.25) is 4.34 Å². The molecule has 0 unspecified atom stereocenters. The number of halogens is 3. The molecule has 0 fully saturated rings. The van der Waals surface area contributed by atoms with Crippen molar-refractivity contribution in [2.75, 3.05) is 0 Å². The molecule has 1 aromatic rings. The molecule has 1 heterocycles. The normalized spacial score (nSPS) is 10.6. The van der Waals surface area contributed by atoms with Gasteiger partial charge in [0.25, 0.3) is 6.43 Å². The van der Waals surface area contributed by atoms with Crippen LogP contribution in [0.3, 0.4) is 0 Å². The third kappa shape index (κ3) is 2.85. The van der Waals surface area contributed by atoms with Gasteiger partial charge in [0.2, 0.25) is 5.78 Å². The summed E-state index contributed by atoms with van der Waals surface area (Å²) < 4.78 is 24.0. The van der Waals surface area contributed by atoms with Crippen molar-refractivity contribution in [3.05, 3.63) is 21.3 Å². The summed E-state index contributed by atoms with van der Waals surface area (Å²) in [6, 6.07) is 2.89. The number of rotatable bonds is 4. The summed E-state index contributed by atoms with van der Waals surface area (Å²) in [6.07, 6.45) is -3.86. The lowest BCUT2D eigenvalue weighted by Crippen LogP contribution is -2.14. The molecule has 0 aromatic carbocycles. The maximum absolute atomic E-state index is 11.8. The molecule has 0 N–H and O–H groups in total. The van der Waals surface area contributed by atoms with Gasteiger partial charge in [-0.25, -0.2) is 8.78 Å². The summed E-state index contributed by atoms with van der Waals surface area (Å²) >= 11 is 6.51. The van der Waals surface area contributed by atoms with Crippen LogP contribution in [-0.2, 0) is 4.79 Å². The number of thiophene rings is 1. The number of hydrogen-bond acceptors (Lipinski definition) is 3. The number of carbonyl (C=O) groups is 2. The zero-order valence-corrected chi connectivity index (χ0v) is 8.37. The van der Waals surface area contributed by atoms with Crippen LogP contribution in [0.25, 0.3) is 0 Å². The maximum Gasteiger partial charge on any atom is 0.296 e. The summed E-state index contributed by atoms with van der Waals surface area (Å²) in [5.41, 5.74) is 0. The molecule has 0 aliphatic heterocycles. The van der Waals surface area contributed by atoms with E-state index < -0.39 is 24.4 Å². The predicted octanol–water partition coefficient (Wildman–Crippen LogP) is 2.81. The van der Waals surface area contributed by atoms with E-state index in [1.165, 1.54) is 12.1 Å². The zero-order chi connectivity index (χ0) is 10.7. The molecule has 2 nitrogen and oxygen atoms in total. The lowest BCUT2D eigenvalue weighted by atomic mass is 10.2. The van der Waals surface area contributed by atoms with Crippen molar-refractivity contribution in [1.29, 1.82) is 0 Å². The second-order valence-corrected chi connectivity index (χ2v) is 4.19. The van der Waals surface area contributed by atoms with Gasteiger partial charge in [0.15, 0.2) is 5.78 Å². The van der Waals surface area contributed by atoms with Crippen LogP contribution in [0.5, 0.6) is 0 Å². The third-order valence-electron chi connectivity index (χ3n) is 1.43. The largest absolute Gasteiger partial charge is 0.296 e. The molecule has 76 valence electrons. The standard InChI is InChI=1S/C8H5ClF2O2S/c9-7-2-1-6(14-7)4(12)3-5(13)8(10)11/h1-2,8H,3H2. The van der Waals surface area contributed by atoms with E-state index in [1.807, 2.05) is 0 Å². The first kappa shape index (κ1) is 11.3. The average molecular weight is 239 g/mol. The van der Waals surface area contributed by atoms with Gasteiger partial charge in [-0.15, -0.1) is 11.3 Å². The van der Waals surface area contributed by atoms with E-state index in [9.17, 15) is 18.4 Å². The Hall–Kier alpha value is -0.810. The van der Waals surface area contributed by atoms with Crippen molar-refractivity contribution in [2.45, 2.75) is 12.8 Å². The van der Waals surface area contributed by atoms with Crippen molar-refractivity contribution in [2.24, 2.45) is 0 Å². The lowest BCUT2D eigenvalue weighted by molar-refractivity contribution is -0.128. The molecular formula is C8H5ClF2O2S. The van der Waals surface area contributed by atoms with Crippen LogP contribution in [0, 0.1) is 0 Å². The molecule has 6 heteroatoms. The molecule has 0 spiro atoms. The highest BCUT2D eigenvalue weighted by Gasteiger charge is 2.20. The molecule has 0 aliphatic carbocycles. The van der Waals surface area contributed by atoms with Crippen molar-refractivity contribution < 1.29 is 18.4 Å². The predicted molar refractivity (Wildman–Crippen MR) is 49.3 cm³/mol. The van der Waals surface area contributed by atoms with Crippen LogP contribution in [0.1, 0.15) is 16.1 Å². The second-order valence-electron chi connectivity index (χ2n) is 2.47. The minimum Gasteiger partial charge on any atom is -0.293 e. The van der Waals surface area contributed by atoms with E-state index in [1.54, 1.807) is 0 Å². The molecule has 0 bridgehead atoms. The van der Waals surface area contributed by atoms with Gasteiger partial charge in [0, 0.05) is 0 Å². The van der Waals surface area contributed by atoms with Crippen LogP contribution in [0.4, 0.5) is 8.78 Å². The monoisotopic (exact) mass is 238 g/mol. The van der Waals surface area contributed by atoms with Crippen LogP contribution in [0.15, 0.2) is 12.1 Å². The number of alkyl halides is 2. The Bertz CT molecular complexity index is 362. The Morgan fingerprint density at radius 1 is 1.43 bits per heavy atom. The van der Waals surface area contributed by atoms with E-state index in [0.717, 1.165) is 11.3 Å². The van der Waals surface area contributed by atoms with Gasteiger partial charge in [0.05, 0.1) is 15.6 Å². The van der Waals surface area contributed by atoms with E-state index in [-0.39, 0.29) is 4.88 Å². The van der Waals surface area contributed by atoms with Crippen LogP contribution >= 0.6 is 22.9 Å². The lowest BCUT2D eigenvalue weighted by Gasteiger charge is -1.96. The Kier molecular flexibility index (Phi) is 3.71. The fourth-order valence-corrected chi connectivity index (χ4v) is 1.77. The summed E-state index contributed by atoms with van der Waals surface area (Å²) in [6.45, 7) is 0. The topological polar surface area (TPSA) is 34.1 Å². The van der Waals surface area contributed by atoms with E-state index in [4.69, 9.17) is 11.6 Å². The van der Waals surface area contributed by atoms with E-state index >= 15 is 0 Å². The fourth-order valence-electron chi connectivity index (χ4n) is 0.787. The van der Waals surface area contributed by atoms with Gasteiger partial charge < -0.3 is 0 Å². The van der Waals surface area contributed by atoms with Crippen LogP contribution in [-0.4, -0.2) is 18.0 Å². The first-order valence-corrected chi connectivity index (χ1v) is 4.79. The summed E-state index contributed by atoms with van der Waals surface area (Å²) in [5, 5.41) is 0. The van der Waals surface area contributed by atoms with Gasteiger partial charge in [-0.05, 0) is 12.1 Å². The van der Waals surface area contributed by atoms with Crippen molar-refractivity contribution in [1.82, 2.24) is 0 Å². The van der Waals surface area contributed by atoms with Gasteiger partial charge in [-0.1, -0.05) is 11.6 Å². The molecular weight excluding hydrogens is 234 g/mol. The van der Waals surface area contributed by atoms with Gasteiger partial charge in [-0.3, -0.25) is 9.59 Å². The molecule has 0 radical (unpaired) electrons. The van der Waals surface area contributed by atoms with Crippen molar-refractivity contribution >= 4 is 34.5 Å². The first-order valence-electron chi connectivity index (χ1n) is 3.60. The molecule has 0 aliphatic rings. The van der Waals surface area contributed by atoms with Gasteiger partial charge >= 0.3 is 0 Å². The van der Waals surface area contributed by atoms with E-state index in [0.29, 0.717) is 4.34 Å². The first-order chi connectivity index (χ1) is 6.50. The maximum atomic E-state index is 11.8. The van der Waals surface area contributed by atoms with Crippen molar-refractivity contribution in [3.63, 3.8) is 0 Å². The Balaban J connectivity index is 2.64. The highest BCUT2D eigenvalue weighted by Crippen LogP contribution is 2.22. The third-order valence-corrected chi connectivity index (χ3v) is 2.70. The minimum atomic E-state index is -3.09. The number of Topliss-reactive ketones (excluding diaryl/α,β-unsaturated/α-hetero) is 2. The van der Waals surface area contributed by atoms with Crippen molar-refractivity contribution in [3.8, 4) is 0 Å². The number of ketones is 2. The molecule has 0 atom stereocenters. The molecule has 0 amide bonds. The zero-order valence-electron chi connectivity index (χ0n) is 6.80. The molecule has 1 aromatic heterocycles. The highest BCUT2D eigenvalue weighted by molar-refractivity contribution is 7.18. The quantitative estimate of drug-likeness (QED) is 0.597. The van der Waals surface area contributed by atoms with Crippen LogP contribution < -0.4 is 0 Å². The van der Waals surface area contributed by atoms with E-state index in [2.05, 4.69) is 0 Å². The summed E-state index contributed by atoms with van der Waals surface area (Å²) in [4.78, 5) is 21.9. The molecule has 14 heavy (non-hydrogen) atoms.